The quantitative estimate of drug-likeness (QED) is 0.720. The summed E-state index contributed by atoms with van der Waals surface area (Å²) in [4.78, 5) is 35.7. The maximum absolute atomic E-state index is 12.5. The molecule has 0 saturated carbocycles. The van der Waals surface area contributed by atoms with Crippen molar-refractivity contribution in [3.05, 3.63) is 70.4 Å². The Morgan fingerprint density at radius 3 is 2.64 bits per heavy atom. The molecule has 0 radical (unpaired) electrons. The summed E-state index contributed by atoms with van der Waals surface area (Å²) < 4.78 is 11.1. The van der Waals surface area contributed by atoms with Crippen LogP contribution >= 0.6 is 0 Å². The van der Waals surface area contributed by atoms with E-state index in [-0.39, 0.29) is 11.6 Å². The lowest BCUT2D eigenvalue weighted by molar-refractivity contribution is 0.0937. The van der Waals surface area contributed by atoms with E-state index in [9.17, 15) is 9.59 Å². The maximum atomic E-state index is 12.5. The Morgan fingerprint density at radius 1 is 1.14 bits per heavy atom. The number of aromatic nitrogens is 3. The molecule has 2 aromatic heterocycles. The van der Waals surface area contributed by atoms with E-state index in [1.807, 2.05) is 25.1 Å². The highest BCUT2D eigenvalue weighted by atomic mass is 16.6. The fraction of sp³-hybridized carbons (Fsp3) is 0.200. The Morgan fingerprint density at radius 2 is 1.89 bits per heavy atom. The number of aromatic amines is 1. The first kappa shape index (κ1) is 17.7. The minimum absolute atomic E-state index is 0.0535. The fourth-order valence-electron chi connectivity index (χ4n) is 2.90. The molecule has 0 bridgehead atoms. The number of carbonyl (C=O) groups is 1. The molecule has 8 nitrogen and oxygen atoms in total. The molecule has 2 N–H and O–H groups in total. The molecule has 1 aromatic carbocycles. The number of carbonyl (C=O) groups excluding carboxylic acids is 1. The molecule has 4 rings (SSSR count). The molecule has 8 heteroatoms. The third kappa shape index (κ3) is 3.57. The molecule has 1 aliphatic heterocycles. The maximum Gasteiger partial charge on any atom is 0.264 e. The molecule has 0 saturated heterocycles. The van der Waals surface area contributed by atoms with Gasteiger partial charge in [0.15, 0.2) is 11.5 Å². The van der Waals surface area contributed by atoms with Crippen LogP contribution in [0.1, 0.15) is 28.9 Å². The average Bonchev–Trinajstić information content (AvgIpc) is 2.73. The number of fused-ring (bicyclic) bond motifs is 1. The SMILES string of the molecule is CC(NC(=O)c1cnc(-c2ccncc2)[nH]c1=O)c1ccc2c(c1)OCCO2. The molecular weight excluding hydrogens is 360 g/mol. The van der Waals surface area contributed by atoms with Crippen LogP contribution in [0, 0.1) is 0 Å². The Hall–Kier alpha value is -3.68. The lowest BCUT2D eigenvalue weighted by Crippen LogP contribution is -2.32. The van der Waals surface area contributed by atoms with Crippen molar-refractivity contribution in [1.82, 2.24) is 20.3 Å². The van der Waals surface area contributed by atoms with Gasteiger partial charge in [-0.05, 0) is 36.8 Å². The standard InChI is InChI=1S/C20H18N4O4/c1-12(14-2-3-16-17(10-14)28-9-8-27-16)23-19(25)15-11-22-18(24-20(15)26)13-4-6-21-7-5-13/h2-7,10-12H,8-9H2,1H3,(H,23,25)(H,22,24,26). The number of benzene rings is 1. The van der Waals surface area contributed by atoms with Gasteiger partial charge < -0.3 is 19.8 Å². The minimum Gasteiger partial charge on any atom is -0.486 e. The monoisotopic (exact) mass is 378 g/mol. The summed E-state index contributed by atoms with van der Waals surface area (Å²) in [7, 11) is 0. The van der Waals surface area contributed by atoms with Crippen LogP contribution in [0.4, 0.5) is 0 Å². The number of H-pyrrole nitrogens is 1. The molecule has 1 unspecified atom stereocenters. The number of hydrogen-bond donors (Lipinski definition) is 2. The zero-order valence-corrected chi connectivity index (χ0v) is 15.1. The molecular formula is C20H18N4O4. The van der Waals surface area contributed by atoms with Gasteiger partial charge in [-0.15, -0.1) is 0 Å². The van der Waals surface area contributed by atoms with Crippen LogP contribution in [0.5, 0.6) is 11.5 Å². The van der Waals surface area contributed by atoms with E-state index in [1.54, 1.807) is 24.5 Å². The summed E-state index contributed by atoms with van der Waals surface area (Å²) in [6, 6.07) is 8.61. The van der Waals surface area contributed by atoms with E-state index in [4.69, 9.17) is 9.47 Å². The van der Waals surface area contributed by atoms with Crippen LogP contribution in [0.3, 0.4) is 0 Å². The first-order valence-corrected chi connectivity index (χ1v) is 8.82. The predicted octanol–water partition coefficient (Wildman–Crippen LogP) is 2.09. The van der Waals surface area contributed by atoms with Gasteiger partial charge in [0.25, 0.3) is 11.5 Å². The van der Waals surface area contributed by atoms with E-state index in [2.05, 4.69) is 20.3 Å². The summed E-state index contributed by atoms with van der Waals surface area (Å²) in [6.45, 7) is 2.84. The third-order valence-corrected chi connectivity index (χ3v) is 4.41. The molecule has 0 aliphatic carbocycles. The van der Waals surface area contributed by atoms with Gasteiger partial charge in [-0.2, -0.15) is 0 Å². The van der Waals surface area contributed by atoms with Crippen molar-refractivity contribution >= 4 is 5.91 Å². The first-order chi connectivity index (χ1) is 13.6. The summed E-state index contributed by atoms with van der Waals surface area (Å²) in [5.74, 6) is 1.20. The van der Waals surface area contributed by atoms with Gasteiger partial charge >= 0.3 is 0 Å². The average molecular weight is 378 g/mol. The van der Waals surface area contributed by atoms with Gasteiger partial charge in [0, 0.05) is 24.2 Å². The lowest BCUT2D eigenvalue weighted by Gasteiger charge is -2.21. The Labute approximate surface area is 160 Å². The molecule has 1 amide bonds. The Bertz CT molecular complexity index is 1070. The summed E-state index contributed by atoms with van der Waals surface area (Å²) in [5, 5.41) is 2.81. The van der Waals surface area contributed by atoms with E-state index < -0.39 is 11.5 Å². The number of pyridine rings is 1. The largest absolute Gasteiger partial charge is 0.486 e. The molecule has 1 aliphatic rings. The highest BCUT2D eigenvalue weighted by Crippen LogP contribution is 2.32. The van der Waals surface area contributed by atoms with Gasteiger partial charge in [0.05, 0.1) is 6.04 Å². The summed E-state index contributed by atoms with van der Waals surface area (Å²) >= 11 is 0. The highest BCUT2D eigenvalue weighted by molar-refractivity contribution is 5.93. The molecule has 1 atom stereocenters. The normalized spacial score (nSPS) is 13.6. The summed E-state index contributed by atoms with van der Waals surface area (Å²) in [6.07, 6.45) is 4.48. The molecule has 0 fully saturated rings. The second kappa shape index (κ2) is 7.51. The van der Waals surface area contributed by atoms with Crippen LogP contribution in [0.25, 0.3) is 11.4 Å². The Balaban J connectivity index is 1.51. The number of amides is 1. The summed E-state index contributed by atoms with van der Waals surface area (Å²) in [5.41, 5.74) is 0.995. The predicted molar refractivity (Wildman–Crippen MR) is 101 cm³/mol. The zero-order chi connectivity index (χ0) is 19.5. The smallest absolute Gasteiger partial charge is 0.264 e. The van der Waals surface area contributed by atoms with Gasteiger partial charge in [0.2, 0.25) is 0 Å². The van der Waals surface area contributed by atoms with Gasteiger partial charge in [-0.3, -0.25) is 14.6 Å². The third-order valence-electron chi connectivity index (χ3n) is 4.41. The lowest BCUT2D eigenvalue weighted by atomic mass is 10.1. The van der Waals surface area contributed by atoms with E-state index in [0.717, 1.165) is 5.56 Å². The van der Waals surface area contributed by atoms with Crippen molar-refractivity contribution < 1.29 is 14.3 Å². The van der Waals surface area contributed by atoms with Crippen molar-refractivity contribution in [2.24, 2.45) is 0 Å². The fourth-order valence-corrected chi connectivity index (χ4v) is 2.90. The topological polar surface area (TPSA) is 106 Å². The van der Waals surface area contributed by atoms with Crippen molar-refractivity contribution in [1.29, 1.82) is 0 Å². The Kier molecular flexibility index (Phi) is 4.76. The second-order valence-corrected chi connectivity index (χ2v) is 6.31. The number of ether oxygens (including phenoxy) is 2. The number of nitrogens with one attached hydrogen (secondary N) is 2. The van der Waals surface area contributed by atoms with E-state index in [0.29, 0.717) is 36.1 Å². The van der Waals surface area contributed by atoms with E-state index in [1.165, 1.54) is 6.20 Å². The molecule has 28 heavy (non-hydrogen) atoms. The highest BCUT2D eigenvalue weighted by Gasteiger charge is 2.18. The van der Waals surface area contributed by atoms with Crippen LogP contribution in [-0.4, -0.2) is 34.1 Å². The number of nitrogens with zero attached hydrogens (tertiary/aromatic N) is 2. The van der Waals surface area contributed by atoms with Crippen LogP contribution in [-0.2, 0) is 0 Å². The van der Waals surface area contributed by atoms with Crippen molar-refractivity contribution in [2.45, 2.75) is 13.0 Å². The molecule has 3 aromatic rings. The van der Waals surface area contributed by atoms with Gasteiger partial charge in [-0.1, -0.05) is 6.07 Å². The first-order valence-electron chi connectivity index (χ1n) is 8.82. The molecule has 142 valence electrons. The van der Waals surface area contributed by atoms with Crippen LogP contribution in [0.15, 0.2) is 53.7 Å². The van der Waals surface area contributed by atoms with Crippen molar-refractivity contribution in [2.75, 3.05) is 13.2 Å². The second-order valence-electron chi connectivity index (χ2n) is 6.31. The van der Waals surface area contributed by atoms with Gasteiger partial charge in [-0.25, -0.2) is 4.98 Å². The van der Waals surface area contributed by atoms with Crippen LogP contribution in [0.2, 0.25) is 0 Å². The van der Waals surface area contributed by atoms with Gasteiger partial charge in [0.1, 0.15) is 24.6 Å². The van der Waals surface area contributed by atoms with Crippen molar-refractivity contribution in [3.63, 3.8) is 0 Å². The van der Waals surface area contributed by atoms with Crippen LogP contribution < -0.4 is 20.3 Å². The number of hydrogen-bond acceptors (Lipinski definition) is 6. The zero-order valence-electron chi connectivity index (χ0n) is 15.1. The van der Waals surface area contributed by atoms with E-state index >= 15 is 0 Å². The number of rotatable bonds is 4. The molecule has 0 spiro atoms. The minimum atomic E-state index is -0.506. The molecule has 3 heterocycles. The van der Waals surface area contributed by atoms with Crippen molar-refractivity contribution in [3.8, 4) is 22.9 Å².